The summed E-state index contributed by atoms with van der Waals surface area (Å²) in [5, 5.41) is 3.61. The normalized spacial score (nSPS) is 29.0. The maximum absolute atomic E-state index is 12.2. The highest BCUT2D eigenvalue weighted by Gasteiger charge is 2.57. The van der Waals surface area contributed by atoms with Crippen LogP contribution in [0.4, 0.5) is 8.78 Å². The molecule has 0 amide bonds. The Morgan fingerprint density at radius 1 is 1.48 bits per heavy atom. The Bertz CT molecular complexity index is 539. The lowest BCUT2D eigenvalue weighted by Crippen LogP contribution is -2.69. The molecule has 1 saturated heterocycles. The highest BCUT2D eigenvalue weighted by atomic mass is 19.3. The molecule has 128 valence electrons. The van der Waals surface area contributed by atoms with Gasteiger partial charge in [-0.05, 0) is 24.5 Å². The molecule has 2 heterocycles. The molecule has 0 radical (unpaired) electrons. The van der Waals surface area contributed by atoms with Crippen molar-refractivity contribution in [2.24, 2.45) is 11.3 Å². The number of hydrogen-bond donors (Lipinski definition) is 1. The largest absolute Gasteiger partial charge is 0.472 e. The third kappa shape index (κ3) is 3.48. The van der Waals surface area contributed by atoms with Crippen molar-refractivity contribution in [3.63, 3.8) is 0 Å². The molecule has 3 rings (SSSR count). The minimum absolute atomic E-state index is 0.118. The third-order valence-corrected chi connectivity index (χ3v) is 5.01. The van der Waals surface area contributed by atoms with Crippen molar-refractivity contribution in [1.29, 1.82) is 0 Å². The minimum Gasteiger partial charge on any atom is -0.472 e. The number of pyridine rings is 1. The molecule has 23 heavy (non-hydrogen) atoms. The number of fused-ring (bicyclic) bond motifs is 1. The van der Waals surface area contributed by atoms with Gasteiger partial charge in [0.1, 0.15) is 0 Å². The van der Waals surface area contributed by atoms with Gasteiger partial charge in [0.25, 0.3) is 6.43 Å². The summed E-state index contributed by atoms with van der Waals surface area (Å²) in [5.74, 6) is 0.812. The molecule has 0 unspecified atom stereocenters. The van der Waals surface area contributed by atoms with E-state index in [2.05, 4.69) is 24.1 Å². The Balaban J connectivity index is 1.57. The van der Waals surface area contributed by atoms with E-state index in [4.69, 9.17) is 9.47 Å². The van der Waals surface area contributed by atoms with Crippen LogP contribution in [0.1, 0.15) is 32.3 Å². The lowest BCUT2D eigenvalue weighted by molar-refractivity contribution is -0.192. The molecule has 0 bridgehead atoms. The molecule has 1 saturated carbocycles. The molecule has 6 heteroatoms. The Morgan fingerprint density at radius 2 is 2.30 bits per heavy atom. The molecule has 4 nitrogen and oxygen atoms in total. The second kappa shape index (κ2) is 6.69. The number of alkyl halides is 2. The van der Waals surface area contributed by atoms with E-state index in [0.717, 1.165) is 18.6 Å². The van der Waals surface area contributed by atoms with E-state index in [0.29, 0.717) is 24.6 Å². The van der Waals surface area contributed by atoms with Crippen LogP contribution in [-0.4, -0.2) is 36.8 Å². The summed E-state index contributed by atoms with van der Waals surface area (Å²) in [5.41, 5.74) is 1.10. The zero-order chi connectivity index (χ0) is 16.4. The van der Waals surface area contributed by atoms with Crippen LogP contribution in [0.15, 0.2) is 18.3 Å². The molecule has 0 spiro atoms. The van der Waals surface area contributed by atoms with Crippen LogP contribution in [0.2, 0.25) is 0 Å². The first-order valence-corrected chi connectivity index (χ1v) is 8.19. The highest BCUT2D eigenvalue weighted by molar-refractivity contribution is 5.21. The van der Waals surface area contributed by atoms with Gasteiger partial charge in [-0.25, -0.2) is 13.8 Å². The summed E-state index contributed by atoms with van der Waals surface area (Å²) in [7, 11) is 0. The quantitative estimate of drug-likeness (QED) is 0.873. The molecule has 0 aromatic carbocycles. The Kier molecular flexibility index (Phi) is 4.82. The standard InChI is InChI=1S/C17H24F2N2O2/c1-17(2)15(12-4-3-7-22-16(12)17)21-9-11-5-6-20-14(8-11)23-10-13(18)19/h5-6,8,12-13,15-16,21H,3-4,7,9-10H2,1-2H3/t12-,15+,16-/m0/s1. The lowest BCUT2D eigenvalue weighted by atomic mass is 9.55. The van der Waals surface area contributed by atoms with Gasteiger partial charge < -0.3 is 14.8 Å². The van der Waals surface area contributed by atoms with E-state index in [-0.39, 0.29) is 11.3 Å². The summed E-state index contributed by atoms with van der Waals surface area (Å²) in [6.07, 6.45) is 1.77. The summed E-state index contributed by atoms with van der Waals surface area (Å²) >= 11 is 0. The van der Waals surface area contributed by atoms with Gasteiger partial charge in [-0.3, -0.25) is 0 Å². The maximum Gasteiger partial charge on any atom is 0.272 e. The highest BCUT2D eigenvalue weighted by Crippen LogP contribution is 2.51. The summed E-state index contributed by atoms with van der Waals surface area (Å²) in [6, 6.07) is 4.00. The van der Waals surface area contributed by atoms with E-state index in [1.807, 2.05) is 6.07 Å². The molecular formula is C17H24F2N2O2. The molecule has 1 aliphatic heterocycles. The van der Waals surface area contributed by atoms with E-state index in [9.17, 15) is 8.78 Å². The summed E-state index contributed by atoms with van der Waals surface area (Å²) < 4.78 is 35.3. The minimum atomic E-state index is -2.49. The first kappa shape index (κ1) is 16.6. The van der Waals surface area contributed by atoms with Gasteiger partial charge in [0, 0.05) is 42.8 Å². The smallest absolute Gasteiger partial charge is 0.272 e. The Morgan fingerprint density at radius 3 is 3.09 bits per heavy atom. The van der Waals surface area contributed by atoms with Crippen LogP contribution in [0.5, 0.6) is 5.88 Å². The lowest BCUT2D eigenvalue weighted by Gasteiger charge is -2.60. The van der Waals surface area contributed by atoms with E-state index in [1.54, 1.807) is 12.3 Å². The number of nitrogens with zero attached hydrogens (tertiary/aromatic N) is 1. The summed E-state index contributed by atoms with van der Waals surface area (Å²) in [4.78, 5) is 3.96. The Labute approximate surface area is 135 Å². The monoisotopic (exact) mass is 326 g/mol. The van der Waals surface area contributed by atoms with Gasteiger partial charge >= 0.3 is 0 Å². The zero-order valence-corrected chi connectivity index (χ0v) is 13.6. The first-order chi connectivity index (χ1) is 11.0. The second-order valence-corrected chi connectivity index (χ2v) is 6.98. The van der Waals surface area contributed by atoms with Gasteiger partial charge in [-0.1, -0.05) is 13.8 Å². The van der Waals surface area contributed by atoms with Gasteiger partial charge in [0.15, 0.2) is 6.61 Å². The summed E-state index contributed by atoms with van der Waals surface area (Å²) in [6.45, 7) is 5.39. The van der Waals surface area contributed by atoms with E-state index in [1.165, 1.54) is 6.42 Å². The predicted octanol–water partition coefficient (Wildman–Crippen LogP) is 3.02. The molecular weight excluding hydrogens is 302 g/mol. The number of aromatic nitrogens is 1. The first-order valence-electron chi connectivity index (χ1n) is 8.19. The number of ether oxygens (including phenoxy) is 2. The third-order valence-electron chi connectivity index (χ3n) is 5.01. The van der Waals surface area contributed by atoms with Crippen molar-refractivity contribution >= 4 is 0 Å². The van der Waals surface area contributed by atoms with Crippen LogP contribution in [-0.2, 0) is 11.3 Å². The van der Waals surface area contributed by atoms with Crippen LogP contribution < -0.4 is 10.1 Å². The number of nitrogens with one attached hydrogen (secondary N) is 1. The maximum atomic E-state index is 12.2. The van der Waals surface area contributed by atoms with Gasteiger partial charge in [0.2, 0.25) is 5.88 Å². The fraction of sp³-hybridized carbons (Fsp3) is 0.706. The van der Waals surface area contributed by atoms with E-state index >= 15 is 0 Å². The fourth-order valence-electron chi connectivity index (χ4n) is 3.95. The van der Waals surface area contributed by atoms with Gasteiger partial charge in [-0.2, -0.15) is 0 Å². The second-order valence-electron chi connectivity index (χ2n) is 6.98. The van der Waals surface area contributed by atoms with Gasteiger partial charge in [-0.15, -0.1) is 0 Å². The Hall–Kier alpha value is -1.27. The van der Waals surface area contributed by atoms with Crippen molar-refractivity contribution in [2.75, 3.05) is 13.2 Å². The van der Waals surface area contributed by atoms with Crippen molar-refractivity contribution < 1.29 is 18.3 Å². The SMILES string of the molecule is CC1(C)[C@H](NCc2ccnc(OCC(F)F)c2)[C@@H]2CCCO[C@@H]21. The molecule has 3 atom stereocenters. The average Bonchev–Trinajstić information content (AvgIpc) is 2.53. The van der Waals surface area contributed by atoms with Crippen LogP contribution in [0.3, 0.4) is 0 Å². The van der Waals surface area contributed by atoms with Crippen molar-refractivity contribution in [3.8, 4) is 5.88 Å². The molecule has 1 aliphatic carbocycles. The number of rotatable bonds is 6. The number of halogens is 2. The molecule has 1 aromatic rings. The average molecular weight is 326 g/mol. The predicted molar refractivity (Wildman–Crippen MR) is 82.6 cm³/mol. The molecule has 1 N–H and O–H groups in total. The van der Waals surface area contributed by atoms with Crippen LogP contribution in [0.25, 0.3) is 0 Å². The number of hydrogen-bond acceptors (Lipinski definition) is 4. The van der Waals surface area contributed by atoms with Crippen molar-refractivity contribution in [3.05, 3.63) is 23.9 Å². The van der Waals surface area contributed by atoms with Crippen molar-refractivity contribution in [1.82, 2.24) is 10.3 Å². The topological polar surface area (TPSA) is 43.4 Å². The fourth-order valence-corrected chi connectivity index (χ4v) is 3.95. The molecule has 1 aromatic heterocycles. The van der Waals surface area contributed by atoms with Crippen LogP contribution in [0, 0.1) is 11.3 Å². The van der Waals surface area contributed by atoms with Crippen LogP contribution >= 0.6 is 0 Å². The zero-order valence-electron chi connectivity index (χ0n) is 13.6. The van der Waals surface area contributed by atoms with Crippen molar-refractivity contribution in [2.45, 2.75) is 51.8 Å². The molecule has 2 aliphatic rings. The van der Waals surface area contributed by atoms with E-state index < -0.39 is 13.0 Å². The molecule has 2 fully saturated rings. The van der Waals surface area contributed by atoms with Gasteiger partial charge in [0.05, 0.1) is 6.10 Å².